The van der Waals surface area contributed by atoms with Gasteiger partial charge in [0.1, 0.15) is 17.9 Å². The van der Waals surface area contributed by atoms with Gasteiger partial charge in [0.25, 0.3) is 5.91 Å². The van der Waals surface area contributed by atoms with Crippen LogP contribution in [0.15, 0.2) is 59.0 Å². The molecule has 4 rings (SSSR count). The molecule has 5 nitrogen and oxygen atoms in total. The molecule has 2 unspecified atom stereocenters. The molecule has 0 spiro atoms. The number of amides is 1. The fourth-order valence-electron chi connectivity index (χ4n) is 3.81. The Morgan fingerprint density at radius 3 is 2.67 bits per heavy atom. The molecule has 2 aromatic carbocycles. The molecule has 0 radical (unpaired) electrons. The molecule has 0 aliphatic carbocycles. The summed E-state index contributed by atoms with van der Waals surface area (Å²) in [5.74, 6) is 1.40. The Balaban J connectivity index is 1.66. The maximum absolute atomic E-state index is 13.3. The van der Waals surface area contributed by atoms with Crippen LogP contribution in [0.25, 0.3) is 11.0 Å². The molecule has 3 aromatic rings. The number of fused-ring (bicyclic) bond motifs is 1. The van der Waals surface area contributed by atoms with Gasteiger partial charge in [0.05, 0.1) is 0 Å². The minimum absolute atomic E-state index is 0.0821. The summed E-state index contributed by atoms with van der Waals surface area (Å²) in [5, 5.41) is 0.916. The Morgan fingerprint density at radius 2 is 1.93 bits per heavy atom. The lowest BCUT2D eigenvalue weighted by Crippen LogP contribution is -2.34. The Bertz CT molecular complexity index is 935. The molecule has 5 heteroatoms. The van der Waals surface area contributed by atoms with Crippen LogP contribution in [0.4, 0.5) is 0 Å². The zero-order chi connectivity index (χ0) is 18.8. The molecule has 27 heavy (non-hydrogen) atoms. The average Bonchev–Trinajstić information content (AvgIpc) is 3.27. The second-order valence-electron chi connectivity index (χ2n) is 7.15. The number of hydrogen-bond acceptors (Lipinski definition) is 4. The van der Waals surface area contributed by atoms with Crippen LogP contribution in [0, 0.1) is 5.92 Å². The van der Waals surface area contributed by atoms with Crippen molar-refractivity contribution in [3.63, 3.8) is 0 Å². The summed E-state index contributed by atoms with van der Waals surface area (Å²) in [5.41, 5.74) is 7.32. The van der Waals surface area contributed by atoms with E-state index in [0.29, 0.717) is 30.4 Å². The molecule has 2 heterocycles. The summed E-state index contributed by atoms with van der Waals surface area (Å²) in [7, 11) is 0. The van der Waals surface area contributed by atoms with Gasteiger partial charge < -0.3 is 19.8 Å². The molecular formula is C22H24N2O3. The second-order valence-corrected chi connectivity index (χ2v) is 7.15. The minimum atomic E-state index is -0.0821. The molecule has 1 saturated heterocycles. The summed E-state index contributed by atoms with van der Waals surface area (Å²) < 4.78 is 11.9. The summed E-state index contributed by atoms with van der Waals surface area (Å²) >= 11 is 0. The van der Waals surface area contributed by atoms with E-state index in [1.807, 2.05) is 59.5 Å². The number of likely N-dealkylation sites (tertiary alicyclic amines) is 1. The molecule has 1 amide bonds. The van der Waals surface area contributed by atoms with E-state index in [9.17, 15) is 4.79 Å². The highest BCUT2D eigenvalue weighted by Crippen LogP contribution is 2.31. The van der Waals surface area contributed by atoms with Gasteiger partial charge in [-0.15, -0.1) is 0 Å². The largest absolute Gasteiger partial charge is 0.489 e. The number of para-hydroxylation sites is 2. The SMILES string of the molecule is CC1CC(CN)CN1C(=O)c1oc2ccccc2c1COc1ccccc1. The lowest BCUT2D eigenvalue weighted by molar-refractivity contribution is 0.0710. The van der Waals surface area contributed by atoms with Crippen LogP contribution in [0.5, 0.6) is 5.75 Å². The minimum Gasteiger partial charge on any atom is -0.489 e. The lowest BCUT2D eigenvalue weighted by Gasteiger charge is -2.21. The van der Waals surface area contributed by atoms with Crippen LogP contribution in [0.2, 0.25) is 0 Å². The number of nitrogens with zero attached hydrogens (tertiary/aromatic N) is 1. The topological polar surface area (TPSA) is 68.7 Å². The molecule has 2 N–H and O–H groups in total. The van der Waals surface area contributed by atoms with Crippen LogP contribution in [-0.4, -0.2) is 29.9 Å². The molecular weight excluding hydrogens is 340 g/mol. The normalized spacial score (nSPS) is 19.6. The summed E-state index contributed by atoms with van der Waals surface area (Å²) in [6.07, 6.45) is 0.929. The zero-order valence-electron chi connectivity index (χ0n) is 15.4. The van der Waals surface area contributed by atoms with E-state index in [2.05, 4.69) is 6.92 Å². The first-order valence-corrected chi connectivity index (χ1v) is 9.36. The van der Waals surface area contributed by atoms with E-state index in [1.165, 1.54) is 0 Å². The second kappa shape index (κ2) is 7.45. The van der Waals surface area contributed by atoms with Crippen molar-refractivity contribution in [2.75, 3.05) is 13.1 Å². The van der Waals surface area contributed by atoms with E-state index >= 15 is 0 Å². The third kappa shape index (κ3) is 3.43. The number of furan rings is 1. The van der Waals surface area contributed by atoms with Gasteiger partial charge in [-0.3, -0.25) is 4.79 Å². The van der Waals surface area contributed by atoms with Gasteiger partial charge in [-0.05, 0) is 44.0 Å². The third-order valence-corrected chi connectivity index (χ3v) is 5.27. The average molecular weight is 364 g/mol. The quantitative estimate of drug-likeness (QED) is 0.747. The fourth-order valence-corrected chi connectivity index (χ4v) is 3.81. The van der Waals surface area contributed by atoms with E-state index < -0.39 is 0 Å². The maximum Gasteiger partial charge on any atom is 0.290 e. The zero-order valence-corrected chi connectivity index (χ0v) is 15.4. The Kier molecular flexibility index (Phi) is 4.86. The predicted molar refractivity (Wildman–Crippen MR) is 105 cm³/mol. The van der Waals surface area contributed by atoms with Crippen molar-refractivity contribution < 1.29 is 13.9 Å². The lowest BCUT2D eigenvalue weighted by atomic mass is 10.1. The van der Waals surface area contributed by atoms with Gasteiger partial charge in [-0.2, -0.15) is 0 Å². The number of nitrogens with two attached hydrogens (primary N) is 1. The van der Waals surface area contributed by atoms with E-state index in [1.54, 1.807) is 0 Å². The number of benzene rings is 2. The molecule has 1 fully saturated rings. The van der Waals surface area contributed by atoms with Crippen molar-refractivity contribution in [2.45, 2.75) is 26.0 Å². The van der Waals surface area contributed by atoms with Crippen molar-refractivity contribution in [1.82, 2.24) is 4.90 Å². The summed E-state index contributed by atoms with van der Waals surface area (Å²) in [6, 6.07) is 17.5. The summed E-state index contributed by atoms with van der Waals surface area (Å²) in [4.78, 5) is 15.1. The van der Waals surface area contributed by atoms with Gasteiger partial charge >= 0.3 is 0 Å². The Morgan fingerprint density at radius 1 is 1.19 bits per heavy atom. The molecule has 2 atom stereocenters. The summed E-state index contributed by atoms with van der Waals surface area (Å²) in [6.45, 7) is 3.62. The number of hydrogen-bond donors (Lipinski definition) is 1. The molecule has 1 aromatic heterocycles. The van der Waals surface area contributed by atoms with Crippen molar-refractivity contribution in [3.8, 4) is 5.75 Å². The smallest absolute Gasteiger partial charge is 0.290 e. The monoisotopic (exact) mass is 364 g/mol. The van der Waals surface area contributed by atoms with Crippen molar-refractivity contribution >= 4 is 16.9 Å². The Labute approximate surface area is 158 Å². The fraction of sp³-hybridized carbons (Fsp3) is 0.318. The van der Waals surface area contributed by atoms with Crippen molar-refractivity contribution in [3.05, 3.63) is 65.9 Å². The van der Waals surface area contributed by atoms with Gasteiger partial charge in [0.2, 0.25) is 0 Å². The van der Waals surface area contributed by atoms with Gasteiger partial charge in [0.15, 0.2) is 5.76 Å². The van der Waals surface area contributed by atoms with Crippen molar-refractivity contribution in [2.24, 2.45) is 11.7 Å². The van der Waals surface area contributed by atoms with Gasteiger partial charge in [-0.25, -0.2) is 0 Å². The van der Waals surface area contributed by atoms with E-state index in [0.717, 1.165) is 23.1 Å². The first-order valence-electron chi connectivity index (χ1n) is 9.36. The molecule has 0 bridgehead atoms. The highest BCUT2D eigenvalue weighted by atomic mass is 16.5. The number of carbonyl (C=O) groups is 1. The van der Waals surface area contributed by atoms with Crippen molar-refractivity contribution in [1.29, 1.82) is 0 Å². The van der Waals surface area contributed by atoms with E-state index in [-0.39, 0.29) is 18.6 Å². The van der Waals surface area contributed by atoms with E-state index in [4.69, 9.17) is 14.9 Å². The number of carbonyl (C=O) groups excluding carboxylic acids is 1. The molecule has 140 valence electrons. The highest BCUT2D eigenvalue weighted by Gasteiger charge is 2.35. The highest BCUT2D eigenvalue weighted by molar-refractivity contribution is 5.99. The number of ether oxygens (including phenoxy) is 1. The first-order chi connectivity index (χ1) is 13.2. The molecule has 1 aliphatic heterocycles. The van der Waals surface area contributed by atoms with Crippen LogP contribution < -0.4 is 10.5 Å². The third-order valence-electron chi connectivity index (χ3n) is 5.27. The van der Waals surface area contributed by atoms with Crippen LogP contribution >= 0.6 is 0 Å². The van der Waals surface area contributed by atoms with Gasteiger partial charge in [-0.1, -0.05) is 36.4 Å². The van der Waals surface area contributed by atoms with Crippen LogP contribution in [0.1, 0.15) is 29.5 Å². The molecule has 1 aliphatic rings. The predicted octanol–water partition coefficient (Wildman–Crippen LogP) is 3.82. The van der Waals surface area contributed by atoms with Crippen LogP contribution in [0.3, 0.4) is 0 Å². The number of rotatable bonds is 5. The molecule has 0 saturated carbocycles. The standard InChI is InChI=1S/C22H24N2O3/c1-15-11-16(12-23)13-24(15)22(25)21-19(14-26-17-7-3-2-4-8-17)18-9-5-6-10-20(18)27-21/h2-10,15-16H,11-14,23H2,1H3. The first kappa shape index (κ1) is 17.6. The Hall–Kier alpha value is -2.79. The van der Waals surface area contributed by atoms with Gasteiger partial charge in [0, 0.05) is 23.5 Å². The maximum atomic E-state index is 13.3. The van der Waals surface area contributed by atoms with Crippen LogP contribution in [-0.2, 0) is 6.61 Å².